The number of hydrogen-bond acceptors (Lipinski definition) is 4. The summed E-state index contributed by atoms with van der Waals surface area (Å²) in [4.78, 5) is 19.0. The number of nitrogens with zero attached hydrogens (tertiary/aromatic N) is 4. The first-order chi connectivity index (χ1) is 32.1. The highest BCUT2D eigenvalue weighted by Gasteiger charge is 2.26. The standard InChI is InChI=1S/C62H60N6/c1-59(2,3)43-29-41(30-44(33-43)60(4,5)6)57-51-25-23-49(66-51)55(39-17-13-37(35-63)14-18-39)47-21-22-48(65-47)56(40-19-15-38(36-64)16-20-40)50-24-26-52(67-50)58(54-28-27-53(57)68-54)42-31-45(61(7,8)9)34-46(32-42)62(10,11)12/h13-34,66-67H,1-12H3. The van der Waals surface area contributed by atoms with Gasteiger partial charge in [-0.2, -0.15) is 10.5 Å². The van der Waals surface area contributed by atoms with E-state index in [0.717, 1.165) is 89.4 Å². The van der Waals surface area contributed by atoms with E-state index >= 15 is 0 Å². The van der Waals surface area contributed by atoms with Gasteiger partial charge in [-0.25, -0.2) is 9.97 Å². The van der Waals surface area contributed by atoms with E-state index in [1.54, 1.807) is 0 Å². The molecule has 4 aromatic carbocycles. The van der Waals surface area contributed by atoms with E-state index in [4.69, 9.17) is 9.97 Å². The van der Waals surface area contributed by atoms with Crippen molar-refractivity contribution in [3.8, 4) is 56.6 Å². The zero-order valence-electron chi connectivity index (χ0n) is 41.5. The number of aromatic nitrogens is 4. The number of aromatic amines is 2. The molecule has 2 N–H and O–H groups in total. The zero-order valence-corrected chi connectivity index (χ0v) is 41.5. The molecular formula is C62H60N6. The Bertz CT molecular complexity index is 3180. The Morgan fingerprint density at radius 3 is 0.824 bits per heavy atom. The van der Waals surface area contributed by atoms with Crippen molar-refractivity contribution in [3.05, 3.63) is 165 Å². The number of rotatable bonds is 4. The molecule has 8 bridgehead atoms. The number of nitriles is 2. The van der Waals surface area contributed by atoms with E-state index in [1.165, 1.54) is 22.3 Å². The molecule has 0 radical (unpaired) electrons. The Morgan fingerprint density at radius 1 is 0.338 bits per heavy atom. The van der Waals surface area contributed by atoms with Crippen molar-refractivity contribution >= 4 is 46.4 Å². The van der Waals surface area contributed by atoms with Crippen LogP contribution < -0.4 is 0 Å². The third kappa shape index (κ3) is 8.76. The topological polar surface area (TPSA) is 105 Å². The van der Waals surface area contributed by atoms with Crippen molar-refractivity contribution in [2.75, 3.05) is 0 Å². The molecule has 7 aromatic rings. The van der Waals surface area contributed by atoms with Gasteiger partial charge in [0.05, 0.1) is 46.0 Å². The third-order valence-corrected chi connectivity index (χ3v) is 13.3. The first-order valence-corrected chi connectivity index (χ1v) is 23.6. The van der Waals surface area contributed by atoms with Crippen molar-refractivity contribution < 1.29 is 0 Å². The van der Waals surface area contributed by atoms with Gasteiger partial charge in [0, 0.05) is 44.3 Å². The van der Waals surface area contributed by atoms with Crippen LogP contribution in [0.3, 0.4) is 0 Å². The maximum Gasteiger partial charge on any atom is 0.0991 e. The fraction of sp³-hybridized carbons (Fsp3) is 0.258. The summed E-state index contributed by atoms with van der Waals surface area (Å²) in [6.07, 6.45) is 8.51. The molecule has 0 atom stereocenters. The maximum absolute atomic E-state index is 9.78. The highest BCUT2D eigenvalue weighted by Crippen LogP contribution is 2.42. The lowest BCUT2D eigenvalue weighted by atomic mass is 9.78. The van der Waals surface area contributed by atoms with Crippen LogP contribution in [0.4, 0.5) is 0 Å². The Hall–Kier alpha value is -7.54. The number of H-pyrrole nitrogens is 2. The SMILES string of the molecule is CC(C)(C)c1cc(-c2c3nc(c(-c4cc(C(C)(C)C)cc(C(C)(C)C)c4)c4ccc([nH]4)c(-c4ccc(C#N)cc4)c4nc(c(-c5ccc(C#N)cc5)c5ccc2[nH]5)C=C4)C=C3)cc(C(C)(C)C)c1. The molecule has 2 aliphatic rings. The lowest BCUT2D eigenvalue weighted by molar-refractivity contribution is 0.568. The van der Waals surface area contributed by atoms with E-state index in [2.05, 4.69) is 190 Å². The van der Waals surface area contributed by atoms with Gasteiger partial charge in [-0.05, 0) is 139 Å². The molecular weight excluding hydrogens is 829 g/mol. The lowest BCUT2D eigenvalue weighted by Crippen LogP contribution is -2.16. The average Bonchev–Trinajstić information content (AvgIpc) is 4.14. The molecule has 0 spiro atoms. The van der Waals surface area contributed by atoms with E-state index < -0.39 is 0 Å². The van der Waals surface area contributed by atoms with E-state index in [-0.39, 0.29) is 21.7 Å². The summed E-state index contributed by atoms with van der Waals surface area (Å²) in [6, 6.07) is 42.7. The predicted molar refractivity (Wildman–Crippen MR) is 285 cm³/mol. The van der Waals surface area contributed by atoms with Crippen LogP contribution in [0.2, 0.25) is 0 Å². The molecule has 0 fully saturated rings. The summed E-state index contributed by atoms with van der Waals surface area (Å²) >= 11 is 0. The van der Waals surface area contributed by atoms with Gasteiger partial charge in [-0.3, -0.25) is 0 Å². The van der Waals surface area contributed by atoms with E-state index in [9.17, 15) is 10.5 Å². The molecule has 6 nitrogen and oxygen atoms in total. The third-order valence-electron chi connectivity index (χ3n) is 13.3. The number of nitrogens with one attached hydrogen (secondary N) is 2. The van der Waals surface area contributed by atoms with Gasteiger partial charge in [-0.15, -0.1) is 0 Å². The minimum atomic E-state index is -0.110. The van der Waals surface area contributed by atoms with Crippen LogP contribution in [0.15, 0.2) is 109 Å². The van der Waals surface area contributed by atoms with Crippen molar-refractivity contribution in [2.24, 2.45) is 0 Å². The van der Waals surface area contributed by atoms with Gasteiger partial charge in [0.25, 0.3) is 0 Å². The highest BCUT2D eigenvalue weighted by molar-refractivity contribution is 6.00. The van der Waals surface area contributed by atoms with Crippen LogP contribution in [0.25, 0.3) is 90.9 Å². The molecule has 0 aliphatic carbocycles. The fourth-order valence-corrected chi connectivity index (χ4v) is 9.12. The maximum atomic E-state index is 9.78. The summed E-state index contributed by atoms with van der Waals surface area (Å²) in [7, 11) is 0. The van der Waals surface area contributed by atoms with Crippen molar-refractivity contribution in [3.63, 3.8) is 0 Å². The van der Waals surface area contributed by atoms with Crippen molar-refractivity contribution in [1.82, 2.24) is 19.9 Å². The predicted octanol–water partition coefficient (Wildman–Crippen LogP) is 16.3. The van der Waals surface area contributed by atoms with Gasteiger partial charge in [0.1, 0.15) is 0 Å². The molecule has 68 heavy (non-hydrogen) atoms. The quantitative estimate of drug-likeness (QED) is 0.184. The second-order valence-corrected chi connectivity index (χ2v) is 22.5. The van der Waals surface area contributed by atoms with Gasteiger partial charge >= 0.3 is 0 Å². The van der Waals surface area contributed by atoms with Gasteiger partial charge in [0.15, 0.2) is 0 Å². The summed E-state index contributed by atoms with van der Waals surface area (Å²) in [5.74, 6) is 0. The molecule has 0 amide bonds. The molecule has 0 saturated heterocycles. The second kappa shape index (κ2) is 16.7. The van der Waals surface area contributed by atoms with Crippen LogP contribution in [0.5, 0.6) is 0 Å². The average molecular weight is 889 g/mol. The fourth-order valence-electron chi connectivity index (χ4n) is 9.12. The van der Waals surface area contributed by atoms with Gasteiger partial charge in [0.2, 0.25) is 0 Å². The van der Waals surface area contributed by atoms with E-state index in [1.807, 2.05) is 48.5 Å². The smallest absolute Gasteiger partial charge is 0.0991 e. The number of fused-ring (bicyclic) bond motifs is 8. The van der Waals surface area contributed by atoms with E-state index in [0.29, 0.717) is 11.1 Å². The first-order valence-electron chi connectivity index (χ1n) is 23.6. The number of benzene rings is 4. The molecule has 0 saturated carbocycles. The van der Waals surface area contributed by atoms with Gasteiger partial charge in [-0.1, -0.05) is 144 Å². The zero-order chi connectivity index (χ0) is 48.5. The highest BCUT2D eigenvalue weighted by atomic mass is 14.8. The normalized spacial score (nSPS) is 12.9. The summed E-state index contributed by atoms with van der Waals surface area (Å²) < 4.78 is 0. The second-order valence-electron chi connectivity index (χ2n) is 22.5. The largest absolute Gasteiger partial charge is 0.354 e. The Labute approximate surface area is 401 Å². The van der Waals surface area contributed by atoms with Crippen LogP contribution in [0, 0.1) is 22.7 Å². The van der Waals surface area contributed by atoms with Crippen LogP contribution in [-0.4, -0.2) is 19.9 Å². The minimum absolute atomic E-state index is 0.110. The number of hydrogen-bond donors (Lipinski definition) is 2. The summed E-state index contributed by atoms with van der Waals surface area (Å²) in [6.45, 7) is 27.4. The summed E-state index contributed by atoms with van der Waals surface area (Å²) in [5, 5.41) is 19.6. The van der Waals surface area contributed by atoms with Crippen LogP contribution in [0.1, 0.15) is 139 Å². The summed E-state index contributed by atoms with van der Waals surface area (Å²) in [5.41, 5.74) is 20.5. The Kier molecular flexibility index (Phi) is 11.2. The molecule has 3 aromatic heterocycles. The first kappa shape index (κ1) is 45.6. The minimum Gasteiger partial charge on any atom is -0.354 e. The van der Waals surface area contributed by atoms with Crippen LogP contribution >= 0.6 is 0 Å². The molecule has 2 aliphatic heterocycles. The molecule has 338 valence electrons. The van der Waals surface area contributed by atoms with Crippen molar-refractivity contribution in [2.45, 2.75) is 105 Å². The monoisotopic (exact) mass is 888 g/mol. The molecule has 6 heteroatoms. The Balaban J connectivity index is 1.50. The lowest BCUT2D eigenvalue weighted by Gasteiger charge is -2.26. The molecule has 5 heterocycles. The van der Waals surface area contributed by atoms with Gasteiger partial charge < -0.3 is 9.97 Å². The Morgan fingerprint density at radius 2 is 0.588 bits per heavy atom. The van der Waals surface area contributed by atoms with Crippen molar-refractivity contribution in [1.29, 1.82) is 10.5 Å². The van der Waals surface area contributed by atoms with Crippen LogP contribution in [-0.2, 0) is 21.7 Å². The molecule has 9 rings (SSSR count). The molecule has 0 unspecified atom stereocenters.